The van der Waals surface area contributed by atoms with Crippen LogP contribution in [0.5, 0.6) is 0 Å². The second kappa shape index (κ2) is 8.22. The first-order valence-electron chi connectivity index (χ1n) is 5.88. The van der Waals surface area contributed by atoms with E-state index in [2.05, 4.69) is 5.32 Å². The highest BCUT2D eigenvalue weighted by Crippen LogP contribution is 2.19. The zero-order valence-corrected chi connectivity index (χ0v) is 10.8. The minimum absolute atomic E-state index is 0.00743. The molecule has 0 saturated carbocycles. The number of rotatable bonds is 6. The highest BCUT2D eigenvalue weighted by molar-refractivity contribution is 6.39. The van der Waals surface area contributed by atoms with E-state index in [1.165, 1.54) is 0 Å². The van der Waals surface area contributed by atoms with Gasteiger partial charge in [0, 0.05) is 6.54 Å². The maximum absolute atomic E-state index is 13.3. The molecule has 0 aliphatic heterocycles. The molecule has 0 aliphatic carbocycles. The third kappa shape index (κ3) is 5.04. The molecule has 0 spiro atoms. The SMILES string of the molecule is O=C(NCCOCCO)C(=O)Nc1ccc(F)c(F)c1F. The lowest BCUT2D eigenvalue weighted by atomic mass is 10.2. The molecule has 6 nitrogen and oxygen atoms in total. The van der Waals surface area contributed by atoms with Crippen LogP contribution in [0.3, 0.4) is 0 Å². The molecule has 0 atom stereocenters. The molecule has 1 aromatic carbocycles. The number of carbonyl (C=O) groups excluding carboxylic acids is 2. The van der Waals surface area contributed by atoms with Crippen molar-refractivity contribution in [3.8, 4) is 0 Å². The fraction of sp³-hybridized carbons (Fsp3) is 0.333. The number of ether oxygens (including phenoxy) is 1. The highest BCUT2D eigenvalue weighted by atomic mass is 19.2. The molecule has 0 saturated heterocycles. The van der Waals surface area contributed by atoms with Crippen LogP contribution in [0.25, 0.3) is 0 Å². The van der Waals surface area contributed by atoms with E-state index < -0.39 is 35.0 Å². The summed E-state index contributed by atoms with van der Waals surface area (Å²) in [5.74, 6) is -7.07. The van der Waals surface area contributed by atoms with Crippen molar-refractivity contribution in [2.45, 2.75) is 0 Å². The summed E-state index contributed by atoms with van der Waals surface area (Å²) >= 11 is 0. The maximum Gasteiger partial charge on any atom is 0.313 e. The number of aliphatic hydroxyl groups is 1. The van der Waals surface area contributed by atoms with E-state index in [1.54, 1.807) is 0 Å². The number of aliphatic hydroxyl groups excluding tert-OH is 1. The standard InChI is InChI=1S/C12H13F3N2O4/c13-7-1-2-8(10(15)9(7)14)17-12(20)11(19)16-3-5-21-6-4-18/h1-2,18H,3-6H2,(H,16,19)(H,17,20). The van der Waals surface area contributed by atoms with Crippen LogP contribution in [-0.2, 0) is 14.3 Å². The Kier molecular flexibility index (Phi) is 6.63. The van der Waals surface area contributed by atoms with Gasteiger partial charge in [-0.2, -0.15) is 0 Å². The van der Waals surface area contributed by atoms with Crippen LogP contribution in [0.4, 0.5) is 18.9 Å². The van der Waals surface area contributed by atoms with Gasteiger partial charge in [0.25, 0.3) is 0 Å². The average molecular weight is 306 g/mol. The van der Waals surface area contributed by atoms with E-state index in [-0.39, 0.29) is 26.4 Å². The van der Waals surface area contributed by atoms with Crippen molar-refractivity contribution >= 4 is 17.5 Å². The van der Waals surface area contributed by atoms with E-state index in [4.69, 9.17) is 9.84 Å². The molecule has 0 unspecified atom stereocenters. The number of benzene rings is 1. The molecule has 0 aliphatic rings. The van der Waals surface area contributed by atoms with Crippen LogP contribution in [0.15, 0.2) is 12.1 Å². The van der Waals surface area contributed by atoms with E-state index in [0.29, 0.717) is 6.07 Å². The van der Waals surface area contributed by atoms with E-state index in [1.807, 2.05) is 5.32 Å². The Bertz CT molecular complexity index is 525. The third-order valence-electron chi connectivity index (χ3n) is 2.26. The fourth-order valence-corrected chi connectivity index (χ4v) is 1.29. The molecule has 1 aromatic rings. The number of amides is 2. The second-order valence-electron chi connectivity index (χ2n) is 3.77. The Hall–Kier alpha value is -2.13. The zero-order valence-electron chi connectivity index (χ0n) is 10.8. The van der Waals surface area contributed by atoms with Gasteiger partial charge in [0.05, 0.1) is 25.5 Å². The molecule has 9 heteroatoms. The van der Waals surface area contributed by atoms with Crippen molar-refractivity contribution in [1.82, 2.24) is 5.32 Å². The van der Waals surface area contributed by atoms with Crippen LogP contribution in [0.2, 0.25) is 0 Å². The normalized spacial score (nSPS) is 10.3. The Morgan fingerprint density at radius 1 is 1.10 bits per heavy atom. The first kappa shape index (κ1) is 16.9. The van der Waals surface area contributed by atoms with Gasteiger partial charge >= 0.3 is 11.8 Å². The van der Waals surface area contributed by atoms with Crippen molar-refractivity contribution in [3.63, 3.8) is 0 Å². The molecule has 1 rings (SSSR count). The summed E-state index contributed by atoms with van der Waals surface area (Å²) in [6, 6.07) is 1.41. The lowest BCUT2D eigenvalue weighted by molar-refractivity contribution is -0.136. The number of carbonyl (C=O) groups is 2. The first-order chi connectivity index (χ1) is 9.97. The van der Waals surface area contributed by atoms with Gasteiger partial charge in [0.15, 0.2) is 17.5 Å². The molecule has 3 N–H and O–H groups in total. The molecule has 0 radical (unpaired) electrons. The third-order valence-corrected chi connectivity index (χ3v) is 2.26. The number of hydrogen-bond acceptors (Lipinski definition) is 4. The lowest BCUT2D eigenvalue weighted by Crippen LogP contribution is -2.37. The summed E-state index contributed by atoms with van der Waals surface area (Å²) in [7, 11) is 0. The van der Waals surface area contributed by atoms with Crippen LogP contribution in [0.1, 0.15) is 0 Å². The monoisotopic (exact) mass is 306 g/mol. The van der Waals surface area contributed by atoms with E-state index in [0.717, 1.165) is 6.07 Å². The Morgan fingerprint density at radius 3 is 2.48 bits per heavy atom. The quantitative estimate of drug-likeness (QED) is 0.397. The molecule has 2 amide bonds. The number of hydrogen-bond donors (Lipinski definition) is 3. The summed E-state index contributed by atoms with van der Waals surface area (Å²) in [6.45, 7) is -0.0302. The van der Waals surface area contributed by atoms with E-state index in [9.17, 15) is 22.8 Å². The molecule has 0 heterocycles. The number of nitrogens with one attached hydrogen (secondary N) is 2. The van der Waals surface area contributed by atoms with Crippen molar-refractivity contribution in [3.05, 3.63) is 29.6 Å². The van der Waals surface area contributed by atoms with Crippen LogP contribution < -0.4 is 10.6 Å². The maximum atomic E-state index is 13.3. The van der Waals surface area contributed by atoms with Crippen molar-refractivity contribution in [2.75, 3.05) is 31.7 Å². The Labute approximate surface area is 117 Å². The highest BCUT2D eigenvalue weighted by Gasteiger charge is 2.18. The molecular formula is C12H13F3N2O4. The van der Waals surface area contributed by atoms with Crippen molar-refractivity contribution < 1.29 is 32.6 Å². The van der Waals surface area contributed by atoms with Gasteiger partial charge < -0.3 is 20.5 Å². The number of anilines is 1. The molecule has 0 bridgehead atoms. The van der Waals surface area contributed by atoms with Crippen molar-refractivity contribution in [1.29, 1.82) is 0 Å². The van der Waals surface area contributed by atoms with E-state index >= 15 is 0 Å². The Balaban J connectivity index is 2.49. The first-order valence-corrected chi connectivity index (χ1v) is 5.88. The fourth-order valence-electron chi connectivity index (χ4n) is 1.29. The second-order valence-corrected chi connectivity index (χ2v) is 3.77. The van der Waals surface area contributed by atoms with Gasteiger partial charge in [0.2, 0.25) is 0 Å². The minimum atomic E-state index is -1.74. The average Bonchev–Trinajstić information content (AvgIpc) is 2.47. The number of halogens is 3. The molecular weight excluding hydrogens is 293 g/mol. The lowest BCUT2D eigenvalue weighted by Gasteiger charge is -2.08. The van der Waals surface area contributed by atoms with Crippen molar-refractivity contribution in [2.24, 2.45) is 0 Å². The van der Waals surface area contributed by atoms with Crippen LogP contribution >= 0.6 is 0 Å². The van der Waals surface area contributed by atoms with Crippen LogP contribution in [-0.4, -0.2) is 43.3 Å². The summed E-state index contributed by atoms with van der Waals surface area (Å²) in [4.78, 5) is 22.7. The van der Waals surface area contributed by atoms with Gasteiger partial charge in [-0.3, -0.25) is 9.59 Å². The molecule has 116 valence electrons. The largest absolute Gasteiger partial charge is 0.394 e. The molecule has 0 fully saturated rings. The Morgan fingerprint density at radius 2 is 1.81 bits per heavy atom. The summed E-state index contributed by atoms with van der Waals surface area (Å²) in [5.41, 5.74) is -0.648. The molecule has 0 aromatic heterocycles. The van der Waals surface area contributed by atoms with Gasteiger partial charge in [-0.25, -0.2) is 13.2 Å². The van der Waals surface area contributed by atoms with Gasteiger partial charge in [-0.15, -0.1) is 0 Å². The van der Waals surface area contributed by atoms with Crippen LogP contribution in [0, 0.1) is 17.5 Å². The smallest absolute Gasteiger partial charge is 0.313 e. The predicted molar refractivity (Wildman–Crippen MR) is 65.9 cm³/mol. The summed E-state index contributed by atoms with van der Waals surface area (Å²) < 4.78 is 43.7. The summed E-state index contributed by atoms with van der Waals surface area (Å²) in [5, 5.41) is 12.4. The topological polar surface area (TPSA) is 87.7 Å². The van der Waals surface area contributed by atoms with Gasteiger partial charge in [-0.05, 0) is 12.1 Å². The van der Waals surface area contributed by atoms with Gasteiger partial charge in [-0.1, -0.05) is 0 Å². The predicted octanol–water partition coefficient (Wildman–Crippen LogP) is 0.168. The summed E-state index contributed by atoms with van der Waals surface area (Å²) in [6.07, 6.45) is 0. The minimum Gasteiger partial charge on any atom is -0.394 e. The zero-order chi connectivity index (χ0) is 15.8. The van der Waals surface area contributed by atoms with Gasteiger partial charge in [0.1, 0.15) is 0 Å². The molecule has 21 heavy (non-hydrogen) atoms.